The zero-order chi connectivity index (χ0) is 18.9. The van der Waals surface area contributed by atoms with Crippen LogP contribution in [0.1, 0.15) is 6.92 Å². The second-order valence-corrected chi connectivity index (χ2v) is 6.56. The molecule has 2 rings (SSSR count). The van der Waals surface area contributed by atoms with Gasteiger partial charge in [-0.1, -0.05) is 35.0 Å². The molecule has 0 aromatic heterocycles. The van der Waals surface area contributed by atoms with E-state index >= 15 is 0 Å². The number of amides is 2. The van der Waals surface area contributed by atoms with E-state index in [9.17, 15) is 9.59 Å². The first-order chi connectivity index (χ1) is 12.5. The molecule has 0 bridgehead atoms. The quantitative estimate of drug-likeness (QED) is 0.687. The monoisotopic (exact) mass is 419 g/mol. The maximum atomic E-state index is 12.2. The van der Waals surface area contributed by atoms with Gasteiger partial charge in [-0.05, 0) is 36.9 Å². The Kier molecular flexibility index (Phi) is 7.62. The van der Waals surface area contributed by atoms with Gasteiger partial charge in [0, 0.05) is 21.9 Å². The molecule has 2 N–H and O–H groups in total. The maximum absolute atomic E-state index is 12.2. The van der Waals surface area contributed by atoms with Gasteiger partial charge in [-0.2, -0.15) is 0 Å². The predicted octanol–water partition coefficient (Wildman–Crippen LogP) is 3.36. The lowest BCUT2D eigenvalue weighted by molar-refractivity contribution is -0.119. The minimum atomic E-state index is -0.185. The van der Waals surface area contributed by atoms with Crippen molar-refractivity contribution in [1.82, 2.24) is 4.90 Å². The summed E-state index contributed by atoms with van der Waals surface area (Å²) < 4.78 is 6.03. The average Bonchev–Trinajstić information content (AvgIpc) is 2.61. The van der Waals surface area contributed by atoms with E-state index in [4.69, 9.17) is 4.74 Å². The molecule has 0 saturated carbocycles. The molecular weight excluding hydrogens is 398 g/mol. The minimum absolute atomic E-state index is 0.125. The summed E-state index contributed by atoms with van der Waals surface area (Å²) in [5.74, 6) is 0.318. The van der Waals surface area contributed by atoms with E-state index in [-0.39, 0.29) is 24.9 Å². The van der Waals surface area contributed by atoms with Crippen LogP contribution in [0.5, 0.6) is 5.75 Å². The number of rotatable bonds is 8. The number of hydrogen-bond donors (Lipinski definition) is 2. The number of ether oxygens (including phenoxy) is 1. The number of carbonyl (C=O) groups excluding carboxylic acids is 2. The van der Waals surface area contributed by atoms with Crippen LogP contribution in [0.2, 0.25) is 0 Å². The molecule has 2 aromatic carbocycles. The molecule has 0 atom stereocenters. The number of anilines is 2. The molecule has 0 fully saturated rings. The molecule has 0 aliphatic carbocycles. The largest absolute Gasteiger partial charge is 0.497 e. The summed E-state index contributed by atoms with van der Waals surface area (Å²) in [6.45, 7) is 2.75. The molecule has 0 aliphatic rings. The Labute approximate surface area is 161 Å². The number of hydrogen-bond acceptors (Lipinski definition) is 4. The second kappa shape index (κ2) is 9.94. The fourth-order valence-corrected chi connectivity index (χ4v) is 2.75. The molecule has 0 radical (unpaired) electrons. The molecule has 0 unspecified atom stereocenters. The first-order valence-corrected chi connectivity index (χ1v) is 9.01. The van der Waals surface area contributed by atoms with Gasteiger partial charge in [0.1, 0.15) is 5.75 Å². The maximum Gasteiger partial charge on any atom is 0.238 e. The lowest BCUT2D eigenvalue weighted by atomic mass is 10.3. The van der Waals surface area contributed by atoms with Crippen LogP contribution < -0.4 is 15.4 Å². The highest BCUT2D eigenvalue weighted by Gasteiger charge is 2.14. The molecule has 26 heavy (non-hydrogen) atoms. The average molecular weight is 420 g/mol. The van der Waals surface area contributed by atoms with Crippen LogP contribution in [0.15, 0.2) is 53.0 Å². The summed E-state index contributed by atoms with van der Waals surface area (Å²) >= 11 is 3.37. The number of methoxy groups -OCH3 is 1. The van der Waals surface area contributed by atoms with Gasteiger partial charge in [0.05, 0.1) is 20.2 Å². The normalized spacial score (nSPS) is 10.5. The van der Waals surface area contributed by atoms with Gasteiger partial charge in [-0.25, -0.2) is 0 Å². The summed E-state index contributed by atoms with van der Waals surface area (Å²) in [5.41, 5.74) is 1.37. The number of likely N-dealkylation sites (N-methyl/N-ethyl adjacent to an activating group) is 1. The van der Waals surface area contributed by atoms with Crippen molar-refractivity contribution in [2.45, 2.75) is 6.92 Å². The summed E-state index contributed by atoms with van der Waals surface area (Å²) in [6, 6.07) is 14.5. The van der Waals surface area contributed by atoms with Gasteiger partial charge in [0.2, 0.25) is 11.8 Å². The van der Waals surface area contributed by atoms with Gasteiger partial charge in [-0.15, -0.1) is 0 Å². The third-order valence-electron chi connectivity index (χ3n) is 3.64. The Bertz CT molecular complexity index is 767. The highest BCUT2D eigenvalue weighted by Crippen LogP contribution is 2.17. The third kappa shape index (κ3) is 6.50. The van der Waals surface area contributed by atoms with Crippen molar-refractivity contribution in [3.05, 3.63) is 53.0 Å². The number of benzene rings is 2. The molecule has 0 aliphatic heterocycles. The molecule has 2 aromatic rings. The van der Waals surface area contributed by atoms with Crippen molar-refractivity contribution in [2.75, 3.05) is 37.4 Å². The zero-order valence-corrected chi connectivity index (χ0v) is 16.4. The SMILES string of the molecule is CCN(CC(=O)Nc1cccc(Br)c1)CC(=O)Nc1cccc(OC)c1. The van der Waals surface area contributed by atoms with Crippen molar-refractivity contribution >= 4 is 39.1 Å². The first kappa shape index (κ1) is 19.9. The van der Waals surface area contributed by atoms with Crippen molar-refractivity contribution in [3.8, 4) is 5.75 Å². The van der Waals surface area contributed by atoms with E-state index < -0.39 is 0 Å². The molecule has 0 heterocycles. The summed E-state index contributed by atoms with van der Waals surface area (Å²) in [5, 5.41) is 5.64. The van der Waals surface area contributed by atoms with E-state index in [1.54, 1.807) is 36.3 Å². The van der Waals surface area contributed by atoms with E-state index in [0.29, 0.717) is 23.7 Å². The Balaban J connectivity index is 1.87. The topological polar surface area (TPSA) is 70.7 Å². The second-order valence-electron chi connectivity index (χ2n) is 5.64. The number of nitrogens with one attached hydrogen (secondary N) is 2. The predicted molar refractivity (Wildman–Crippen MR) is 107 cm³/mol. The van der Waals surface area contributed by atoms with E-state index in [0.717, 1.165) is 4.47 Å². The summed E-state index contributed by atoms with van der Waals surface area (Å²) in [4.78, 5) is 26.2. The Morgan fingerprint density at radius 3 is 2.12 bits per heavy atom. The van der Waals surface area contributed by atoms with Crippen LogP contribution in [0, 0.1) is 0 Å². The molecule has 7 heteroatoms. The summed E-state index contributed by atoms with van der Waals surface area (Å²) in [7, 11) is 1.57. The molecular formula is C19H22BrN3O3. The molecule has 0 saturated heterocycles. The lowest BCUT2D eigenvalue weighted by Crippen LogP contribution is -2.38. The fourth-order valence-electron chi connectivity index (χ4n) is 2.35. The van der Waals surface area contributed by atoms with Crippen molar-refractivity contribution in [3.63, 3.8) is 0 Å². The van der Waals surface area contributed by atoms with Crippen molar-refractivity contribution in [2.24, 2.45) is 0 Å². The van der Waals surface area contributed by atoms with Gasteiger partial charge in [0.25, 0.3) is 0 Å². The third-order valence-corrected chi connectivity index (χ3v) is 4.14. The van der Waals surface area contributed by atoms with Crippen LogP contribution >= 0.6 is 15.9 Å². The van der Waals surface area contributed by atoms with Gasteiger partial charge < -0.3 is 15.4 Å². The first-order valence-electron chi connectivity index (χ1n) is 8.22. The standard InChI is InChI=1S/C19H22BrN3O3/c1-3-23(12-18(24)21-15-7-4-6-14(20)10-15)13-19(25)22-16-8-5-9-17(11-16)26-2/h4-11H,3,12-13H2,1-2H3,(H,21,24)(H,22,25). The van der Waals surface area contributed by atoms with Gasteiger partial charge >= 0.3 is 0 Å². The number of nitrogens with zero attached hydrogens (tertiary/aromatic N) is 1. The highest BCUT2D eigenvalue weighted by atomic mass is 79.9. The lowest BCUT2D eigenvalue weighted by Gasteiger charge is -2.19. The van der Waals surface area contributed by atoms with E-state index in [1.807, 2.05) is 31.2 Å². The Hall–Kier alpha value is -2.38. The smallest absolute Gasteiger partial charge is 0.238 e. The van der Waals surface area contributed by atoms with E-state index in [1.165, 1.54) is 0 Å². The number of halogens is 1. The summed E-state index contributed by atoms with van der Waals surface area (Å²) in [6.07, 6.45) is 0. The number of carbonyl (C=O) groups is 2. The highest BCUT2D eigenvalue weighted by molar-refractivity contribution is 9.10. The fraction of sp³-hybridized carbons (Fsp3) is 0.263. The minimum Gasteiger partial charge on any atom is -0.497 e. The zero-order valence-electron chi connectivity index (χ0n) is 14.8. The van der Waals surface area contributed by atoms with Crippen LogP contribution in [-0.2, 0) is 9.59 Å². The molecule has 138 valence electrons. The van der Waals surface area contributed by atoms with Crippen LogP contribution in [0.3, 0.4) is 0 Å². The van der Waals surface area contributed by atoms with Crippen LogP contribution in [0.4, 0.5) is 11.4 Å². The Morgan fingerprint density at radius 2 is 1.58 bits per heavy atom. The van der Waals surface area contributed by atoms with Gasteiger partial charge in [0.15, 0.2) is 0 Å². The molecule has 0 spiro atoms. The molecule has 2 amide bonds. The van der Waals surface area contributed by atoms with Gasteiger partial charge in [-0.3, -0.25) is 14.5 Å². The van der Waals surface area contributed by atoms with E-state index in [2.05, 4.69) is 26.6 Å². The van der Waals surface area contributed by atoms with Crippen LogP contribution in [-0.4, -0.2) is 43.5 Å². The Morgan fingerprint density at radius 1 is 1.00 bits per heavy atom. The van der Waals surface area contributed by atoms with Crippen LogP contribution in [0.25, 0.3) is 0 Å². The van der Waals surface area contributed by atoms with Crippen molar-refractivity contribution < 1.29 is 14.3 Å². The van der Waals surface area contributed by atoms with Crippen molar-refractivity contribution in [1.29, 1.82) is 0 Å². The molecule has 6 nitrogen and oxygen atoms in total.